The predicted octanol–water partition coefficient (Wildman–Crippen LogP) is 4.86. The zero-order chi connectivity index (χ0) is 12.4. The fourth-order valence-electron chi connectivity index (χ4n) is 1.93. The highest BCUT2D eigenvalue weighted by molar-refractivity contribution is 5.37. The maximum absolute atomic E-state index is 3.47. The Morgan fingerprint density at radius 1 is 1.00 bits per heavy atom. The molecular weight excluding hydrogens is 192 g/mol. The van der Waals surface area contributed by atoms with Crippen LogP contribution in [0.4, 0.5) is 0 Å². The molecule has 0 aliphatic heterocycles. The average molecular weight is 217 g/mol. The van der Waals surface area contributed by atoms with Crippen molar-refractivity contribution in [2.45, 2.75) is 65.2 Å². The van der Waals surface area contributed by atoms with Gasteiger partial charge < -0.3 is 0 Å². The van der Waals surface area contributed by atoms with E-state index >= 15 is 0 Å². The molecule has 1 rings (SSSR count). The minimum Gasteiger partial charge on any atom is -0.0646 e. The lowest BCUT2D eigenvalue weighted by atomic mass is 9.71. The van der Waals surface area contributed by atoms with Crippen LogP contribution in [0, 0.1) is 6.07 Å². The van der Waals surface area contributed by atoms with Crippen LogP contribution in [0.15, 0.2) is 18.2 Å². The lowest BCUT2D eigenvalue weighted by molar-refractivity contribution is 0.455. The molecule has 1 radical (unpaired) electrons. The normalized spacial score (nSPS) is 12.9. The van der Waals surface area contributed by atoms with E-state index in [0.717, 1.165) is 12.8 Å². The van der Waals surface area contributed by atoms with Crippen LogP contribution in [0.3, 0.4) is 0 Å². The molecule has 0 aliphatic rings. The van der Waals surface area contributed by atoms with E-state index in [2.05, 4.69) is 59.7 Å². The minimum atomic E-state index is 0.225. The van der Waals surface area contributed by atoms with E-state index < -0.39 is 0 Å². The highest BCUT2D eigenvalue weighted by Gasteiger charge is 2.28. The third kappa shape index (κ3) is 2.48. The number of hydrogen-bond donors (Lipinski definition) is 0. The Balaban J connectivity index is 3.31. The third-order valence-corrected chi connectivity index (χ3v) is 4.03. The maximum atomic E-state index is 3.47. The smallest absolute Gasteiger partial charge is 0.00971 e. The van der Waals surface area contributed by atoms with E-state index in [1.54, 1.807) is 0 Å². The summed E-state index contributed by atoms with van der Waals surface area (Å²) in [6, 6.07) is 9.90. The molecule has 0 N–H and O–H groups in total. The van der Waals surface area contributed by atoms with E-state index in [-0.39, 0.29) is 10.8 Å². The molecule has 89 valence electrons. The molecule has 0 fully saturated rings. The topological polar surface area (TPSA) is 0 Å². The van der Waals surface area contributed by atoms with Gasteiger partial charge in [0.25, 0.3) is 0 Å². The average Bonchev–Trinajstić information content (AvgIpc) is 2.29. The van der Waals surface area contributed by atoms with Gasteiger partial charge in [-0.05, 0) is 40.9 Å². The van der Waals surface area contributed by atoms with E-state index in [4.69, 9.17) is 0 Å². The van der Waals surface area contributed by atoms with Gasteiger partial charge in [0.2, 0.25) is 0 Å². The molecule has 0 spiro atoms. The Labute approximate surface area is 101 Å². The van der Waals surface area contributed by atoms with E-state index in [0.29, 0.717) is 0 Å². The summed E-state index contributed by atoms with van der Waals surface area (Å²) in [5.74, 6) is 0. The van der Waals surface area contributed by atoms with Crippen molar-refractivity contribution in [2.75, 3.05) is 0 Å². The van der Waals surface area contributed by atoms with Gasteiger partial charge in [0.1, 0.15) is 0 Å². The van der Waals surface area contributed by atoms with Crippen molar-refractivity contribution in [2.24, 2.45) is 0 Å². The molecule has 0 unspecified atom stereocenters. The van der Waals surface area contributed by atoms with Crippen LogP contribution in [0.25, 0.3) is 0 Å². The Hall–Kier alpha value is -0.780. The molecule has 0 saturated heterocycles. The van der Waals surface area contributed by atoms with Gasteiger partial charge in [-0.3, -0.25) is 0 Å². The standard InChI is InChI=1S/C16H25/c1-7-15(3,4)13-11-9-10-12-14(13)16(5,6)8-2/h9-11H,7-8H2,1-6H3. The summed E-state index contributed by atoms with van der Waals surface area (Å²) >= 11 is 0. The summed E-state index contributed by atoms with van der Waals surface area (Å²) in [6.45, 7) is 13.8. The quantitative estimate of drug-likeness (QED) is 0.675. The van der Waals surface area contributed by atoms with Gasteiger partial charge in [-0.25, -0.2) is 0 Å². The van der Waals surface area contributed by atoms with Gasteiger partial charge in [0, 0.05) is 0 Å². The first-order chi connectivity index (χ1) is 7.35. The highest BCUT2D eigenvalue weighted by atomic mass is 14.3. The van der Waals surface area contributed by atoms with Crippen molar-refractivity contribution in [3.8, 4) is 0 Å². The zero-order valence-electron chi connectivity index (χ0n) is 11.6. The van der Waals surface area contributed by atoms with Crippen molar-refractivity contribution in [3.05, 3.63) is 35.4 Å². The second-order valence-corrected chi connectivity index (χ2v) is 5.93. The summed E-state index contributed by atoms with van der Waals surface area (Å²) in [6.07, 6.45) is 2.32. The van der Waals surface area contributed by atoms with Crippen molar-refractivity contribution in [1.82, 2.24) is 0 Å². The van der Waals surface area contributed by atoms with Crippen LogP contribution >= 0.6 is 0 Å². The maximum Gasteiger partial charge on any atom is -0.00971 e. The summed E-state index contributed by atoms with van der Waals surface area (Å²) in [5, 5.41) is 0. The summed E-state index contributed by atoms with van der Waals surface area (Å²) in [7, 11) is 0. The number of hydrogen-bond acceptors (Lipinski definition) is 0. The van der Waals surface area contributed by atoms with Crippen molar-refractivity contribution >= 4 is 0 Å². The van der Waals surface area contributed by atoms with Crippen LogP contribution in [0.2, 0.25) is 0 Å². The van der Waals surface area contributed by atoms with Crippen molar-refractivity contribution < 1.29 is 0 Å². The molecule has 1 aromatic rings. The van der Waals surface area contributed by atoms with Crippen molar-refractivity contribution in [3.63, 3.8) is 0 Å². The van der Waals surface area contributed by atoms with Gasteiger partial charge in [-0.2, -0.15) is 0 Å². The molecule has 16 heavy (non-hydrogen) atoms. The predicted molar refractivity (Wildman–Crippen MR) is 71.9 cm³/mol. The second-order valence-electron chi connectivity index (χ2n) is 5.93. The first kappa shape index (κ1) is 13.3. The van der Waals surface area contributed by atoms with Gasteiger partial charge in [-0.15, -0.1) is 0 Å². The zero-order valence-corrected chi connectivity index (χ0v) is 11.6. The van der Waals surface area contributed by atoms with Crippen molar-refractivity contribution in [1.29, 1.82) is 0 Å². The first-order valence-electron chi connectivity index (χ1n) is 6.37. The Morgan fingerprint density at radius 3 is 2.06 bits per heavy atom. The van der Waals surface area contributed by atoms with E-state index in [1.807, 2.05) is 6.07 Å². The monoisotopic (exact) mass is 217 g/mol. The molecule has 0 aromatic heterocycles. The molecule has 0 saturated carbocycles. The minimum absolute atomic E-state index is 0.225. The fraction of sp³-hybridized carbons (Fsp3) is 0.625. The van der Waals surface area contributed by atoms with Crippen LogP contribution in [0.5, 0.6) is 0 Å². The third-order valence-electron chi connectivity index (χ3n) is 4.03. The molecule has 1 aromatic carbocycles. The lowest BCUT2D eigenvalue weighted by Gasteiger charge is -2.33. The van der Waals surface area contributed by atoms with E-state index in [1.165, 1.54) is 11.1 Å². The molecular formula is C16H25. The van der Waals surface area contributed by atoms with Gasteiger partial charge in [-0.1, -0.05) is 59.7 Å². The van der Waals surface area contributed by atoms with Gasteiger partial charge >= 0.3 is 0 Å². The Kier molecular flexibility index (Phi) is 3.83. The molecule has 0 bridgehead atoms. The van der Waals surface area contributed by atoms with Crippen LogP contribution in [-0.2, 0) is 10.8 Å². The molecule has 0 aliphatic carbocycles. The number of benzene rings is 1. The molecule has 0 nitrogen and oxygen atoms in total. The first-order valence-corrected chi connectivity index (χ1v) is 6.37. The van der Waals surface area contributed by atoms with Gasteiger partial charge in [0.05, 0.1) is 0 Å². The second kappa shape index (κ2) is 4.61. The van der Waals surface area contributed by atoms with Crippen LogP contribution < -0.4 is 0 Å². The Bertz CT molecular complexity index is 310. The molecule has 0 heterocycles. The van der Waals surface area contributed by atoms with Gasteiger partial charge in [0.15, 0.2) is 0 Å². The van der Waals surface area contributed by atoms with Crippen LogP contribution in [-0.4, -0.2) is 0 Å². The summed E-state index contributed by atoms with van der Waals surface area (Å²) in [4.78, 5) is 0. The SMILES string of the molecule is CCC(C)(C)c1[c]cccc1C(C)(C)CC. The highest BCUT2D eigenvalue weighted by Crippen LogP contribution is 2.36. The van der Waals surface area contributed by atoms with Crippen LogP contribution in [0.1, 0.15) is 65.5 Å². The molecule has 0 heteroatoms. The summed E-state index contributed by atoms with van der Waals surface area (Å²) < 4.78 is 0. The molecule has 0 atom stereocenters. The Morgan fingerprint density at radius 2 is 1.56 bits per heavy atom. The summed E-state index contributed by atoms with van der Waals surface area (Å²) in [5.41, 5.74) is 3.33. The fourth-order valence-corrected chi connectivity index (χ4v) is 1.93. The largest absolute Gasteiger partial charge is 0.0646 e. The number of rotatable bonds is 4. The lowest BCUT2D eigenvalue weighted by Crippen LogP contribution is -2.25. The van der Waals surface area contributed by atoms with E-state index in [9.17, 15) is 0 Å². The molecule has 0 amide bonds.